The summed E-state index contributed by atoms with van der Waals surface area (Å²) in [6.45, 7) is 2.06. The topological polar surface area (TPSA) is 66.4 Å². The maximum Gasteiger partial charge on any atom is 0.154 e. The Balaban J connectivity index is 1.80. The molecule has 0 radical (unpaired) electrons. The SMILES string of the molecule is O=S1(=O)CC(O)C(SCC2CNC2)C1. The number of hydrogen-bond acceptors (Lipinski definition) is 5. The third-order valence-electron chi connectivity index (χ3n) is 2.68. The van der Waals surface area contributed by atoms with E-state index in [1.54, 1.807) is 11.8 Å². The molecule has 14 heavy (non-hydrogen) atoms. The standard InChI is InChI=1S/C8H15NO3S2/c10-7-4-14(11,12)5-8(7)13-3-6-1-9-2-6/h6-10H,1-5H2. The van der Waals surface area contributed by atoms with Gasteiger partial charge in [-0.25, -0.2) is 8.42 Å². The molecular formula is C8H15NO3S2. The van der Waals surface area contributed by atoms with Gasteiger partial charge < -0.3 is 10.4 Å². The molecule has 2 atom stereocenters. The van der Waals surface area contributed by atoms with E-state index in [1.165, 1.54) is 0 Å². The van der Waals surface area contributed by atoms with E-state index in [9.17, 15) is 13.5 Å². The molecule has 4 nitrogen and oxygen atoms in total. The predicted molar refractivity (Wildman–Crippen MR) is 57.3 cm³/mol. The Kier molecular flexibility index (Phi) is 3.06. The summed E-state index contributed by atoms with van der Waals surface area (Å²) in [7, 11) is -2.97. The molecule has 82 valence electrons. The molecule has 2 saturated heterocycles. The second-order valence-corrected chi connectivity index (χ2v) is 7.47. The van der Waals surface area contributed by atoms with E-state index in [2.05, 4.69) is 5.32 Å². The van der Waals surface area contributed by atoms with E-state index in [0.29, 0.717) is 5.92 Å². The number of rotatable bonds is 3. The maximum absolute atomic E-state index is 11.2. The fourth-order valence-corrected chi connectivity index (χ4v) is 5.50. The van der Waals surface area contributed by atoms with Gasteiger partial charge in [0.15, 0.2) is 9.84 Å². The van der Waals surface area contributed by atoms with Crippen molar-refractivity contribution in [2.24, 2.45) is 5.92 Å². The van der Waals surface area contributed by atoms with Crippen LogP contribution in [0.2, 0.25) is 0 Å². The van der Waals surface area contributed by atoms with E-state index >= 15 is 0 Å². The third-order valence-corrected chi connectivity index (χ3v) is 6.18. The summed E-state index contributed by atoms with van der Waals surface area (Å²) in [6, 6.07) is 0. The fraction of sp³-hybridized carbons (Fsp3) is 1.00. The van der Waals surface area contributed by atoms with Crippen LogP contribution in [0.15, 0.2) is 0 Å². The molecule has 0 saturated carbocycles. The number of nitrogens with one attached hydrogen (secondary N) is 1. The van der Waals surface area contributed by atoms with Gasteiger partial charge >= 0.3 is 0 Å². The minimum absolute atomic E-state index is 0.0480. The molecule has 6 heteroatoms. The van der Waals surface area contributed by atoms with Gasteiger partial charge in [-0.05, 0) is 24.8 Å². The van der Waals surface area contributed by atoms with Crippen molar-refractivity contribution < 1.29 is 13.5 Å². The molecule has 0 spiro atoms. The Morgan fingerprint density at radius 3 is 2.50 bits per heavy atom. The number of hydrogen-bond donors (Lipinski definition) is 2. The lowest BCUT2D eigenvalue weighted by Gasteiger charge is -2.27. The second-order valence-electron chi connectivity index (χ2n) is 4.04. The predicted octanol–water partition coefficient (Wildman–Crippen LogP) is -0.903. The Hall–Kier alpha value is 0.220. The minimum atomic E-state index is -2.97. The molecule has 0 amide bonds. The van der Waals surface area contributed by atoms with E-state index < -0.39 is 15.9 Å². The molecular weight excluding hydrogens is 222 g/mol. The van der Waals surface area contributed by atoms with Crippen LogP contribution in [0.25, 0.3) is 0 Å². The zero-order valence-corrected chi connectivity index (χ0v) is 9.48. The average Bonchev–Trinajstić information content (AvgIpc) is 2.21. The molecule has 0 aromatic rings. The van der Waals surface area contributed by atoms with Crippen LogP contribution in [0.3, 0.4) is 0 Å². The summed E-state index contributed by atoms with van der Waals surface area (Å²) in [6.07, 6.45) is -0.655. The van der Waals surface area contributed by atoms with Gasteiger partial charge in [-0.15, -0.1) is 0 Å². The highest BCUT2D eigenvalue weighted by Crippen LogP contribution is 2.27. The third kappa shape index (κ3) is 2.42. The van der Waals surface area contributed by atoms with Gasteiger partial charge in [0.1, 0.15) is 0 Å². The molecule has 2 heterocycles. The highest BCUT2D eigenvalue weighted by molar-refractivity contribution is 8.01. The summed E-state index contributed by atoms with van der Waals surface area (Å²) in [5, 5.41) is 12.6. The molecule has 0 bridgehead atoms. The Bertz CT molecular complexity index is 300. The quantitative estimate of drug-likeness (QED) is 0.666. The Morgan fingerprint density at radius 2 is 2.07 bits per heavy atom. The van der Waals surface area contributed by atoms with Crippen molar-refractivity contribution in [3.8, 4) is 0 Å². The van der Waals surface area contributed by atoms with Gasteiger partial charge in [0.05, 0.1) is 17.6 Å². The molecule has 2 aliphatic rings. The maximum atomic E-state index is 11.2. The molecule has 0 aliphatic carbocycles. The lowest BCUT2D eigenvalue weighted by molar-refractivity contribution is 0.207. The van der Waals surface area contributed by atoms with Crippen molar-refractivity contribution in [1.82, 2.24) is 5.32 Å². The first kappa shape index (κ1) is 10.7. The van der Waals surface area contributed by atoms with Gasteiger partial charge in [0.25, 0.3) is 0 Å². The largest absolute Gasteiger partial charge is 0.391 e. The van der Waals surface area contributed by atoms with Gasteiger partial charge in [0, 0.05) is 5.25 Å². The number of sulfone groups is 1. The van der Waals surface area contributed by atoms with Crippen molar-refractivity contribution in [2.45, 2.75) is 11.4 Å². The lowest BCUT2D eigenvalue weighted by Crippen LogP contribution is -2.43. The van der Waals surface area contributed by atoms with E-state index in [4.69, 9.17) is 0 Å². The zero-order chi connectivity index (χ0) is 10.2. The summed E-state index contributed by atoms with van der Waals surface area (Å²) in [4.78, 5) is 0. The molecule has 2 unspecified atom stereocenters. The van der Waals surface area contributed by atoms with E-state index in [-0.39, 0.29) is 16.8 Å². The number of aliphatic hydroxyl groups is 1. The molecule has 0 aromatic heterocycles. The van der Waals surface area contributed by atoms with Crippen LogP contribution in [0, 0.1) is 5.92 Å². The minimum Gasteiger partial charge on any atom is -0.391 e. The first-order valence-corrected chi connectivity index (χ1v) is 7.65. The van der Waals surface area contributed by atoms with Crippen LogP contribution >= 0.6 is 11.8 Å². The Labute approximate surface area is 88.4 Å². The van der Waals surface area contributed by atoms with Gasteiger partial charge in [-0.2, -0.15) is 11.8 Å². The molecule has 2 rings (SSSR count). The molecule has 0 aromatic carbocycles. The smallest absolute Gasteiger partial charge is 0.154 e. The fourth-order valence-electron chi connectivity index (χ4n) is 1.68. The normalized spacial score (nSPS) is 36.9. The summed E-state index contributed by atoms with van der Waals surface area (Å²) < 4.78 is 22.4. The molecule has 2 N–H and O–H groups in total. The second kappa shape index (κ2) is 4.00. The first-order valence-electron chi connectivity index (χ1n) is 4.77. The van der Waals surface area contributed by atoms with Crippen molar-refractivity contribution in [3.63, 3.8) is 0 Å². The summed E-state index contributed by atoms with van der Waals surface area (Å²) in [5.41, 5.74) is 0. The van der Waals surface area contributed by atoms with Crippen molar-refractivity contribution in [3.05, 3.63) is 0 Å². The Morgan fingerprint density at radius 1 is 1.36 bits per heavy atom. The van der Waals surface area contributed by atoms with Crippen molar-refractivity contribution in [2.75, 3.05) is 30.3 Å². The molecule has 2 fully saturated rings. The van der Waals surface area contributed by atoms with E-state index in [0.717, 1.165) is 18.8 Å². The van der Waals surface area contributed by atoms with Crippen LogP contribution in [0.5, 0.6) is 0 Å². The lowest BCUT2D eigenvalue weighted by atomic mass is 10.1. The van der Waals surface area contributed by atoms with Gasteiger partial charge in [-0.3, -0.25) is 0 Å². The summed E-state index contributed by atoms with van der Waals surface area (Å²) in [5.74, 6) is 1.73. The first-order chi connectivity index (χ1) is 6.57. The number of thioether (sulfide) groups is 1. The van der Waals surface area contributed by atoms with Crippen molar-refractivity contribution in [1.29, 1.82) is 0 Å². The van der Waals surface area contributed by atoms with Crippen LogP contribution < -0.4 is 5.32 Å². The van der Waals surface area contributed by atoms with Crippen LogP contribution in [0.1, 0.15) is 0 Å². The van der Waals surface area contributed by atoms with Crippen LogP contribution in [-0.2, 0) is 9.84 Å². The highest BCUT2D eigenvalue weighted by Gasteiger charge is 2.37. The van der Waals surface area contributed by atoms with Crippen LogP contribution in [-0.4, -0.2) is 55.2 Å². The number of aliphatic hydroxyl groups excluding tert-OH is 1. The highest BCUT2D eigenvalue weighted by atomic mass is 32.2. The van der Waals surface area contributed by atoms with Gasteiger partial charge in [-0.1, -0.05) is 0 Å². The van der Waals surface area contributed by atoms with Crippen LogP contribution in [0.4, 0.5) is 0 Å². The van der Waals surface area contributed by atoms with Gasteiger partial charge in [0.2, 0.25) is 0 Å². The summed E-state index contributed by atoms with van der Waals surface area (Å²) >= 11 is 1.61. The average molecular weight is 237 g/mol. The zero-order valence-electron chi connectivity index (χ0n) is 7.85. The monoisotopic (exact) mass is 237 g/mol. The van der Waals surface area contributed by atoms with Crippen molar-refractivity contribution >= 4 is 21.6 Å². The van der Waals surface area contributed by atoms with E-state index in [1.807, 2.05) is 0 Å². The molecule has 2 aliphatic heterocycles.